The molecule has 0 saturated carbocycles. The highest BCUT2D eigenvalue weighted by Crippen LogP contribution is 2.35. The number of methoxy groups -OCH3 is 1. The molecule has 0 aliphatic heterocycles. The predicted octanol–water partition coefficient (Wildman–Crippen LogP) is 2.52. The third kappa shape index (κ3) is 4.33. The second-order valence-electron chi connectivity index (χ2n) is 4.26. The Hall–Kier alpha value is -0.340. The fraction of sp³-hybridized carbons (Fsp3) is 0.500. The van der Waals surface area contributed by atoms with Gasteiger partial charge in [0.1, 0.15) is 4.90 Å². The second-order valence-corrected chi connectivity index (χ2v) is 7.23. The van der Waals surface area contributed by atoms with E-state index < -0.39 is 10.0 Å². The third-order valence-corrected chi connectivity index (χ3v) is 5.04. The molecule has 1 unspecified atom stereocenters. The van der Waals surface area contributed by atoms with Crippen LogP contribution in [0.4, 0.5) is 0 Å². The van der Waals surface area contributed by atoms with Gasteiger partial charge in [-0.2, -0.15) is 0 Å². The normalized spacial score (nSPS) is 13.2. The Balaban J connectivity index is 3.21. The standard InChI is InChI=1S/C12H18BrClN2O3S/c1-3-4-9(7-15)16-20(17,18)11-6-8(14)5-10(13)12(11)19-2/h5-6,9,16H,3-4,7,15H2,1-2H3. The third-order valence-electron chi connectivity index (χ3n) is 2.71. The molecule has 3 N–H and O–H groups in total. The van der Waals surface area contributed by atoms with Crippen LogP contribution in [0.2, 0.25) is 5.02 Å². The quantitative estimate of drug-likeness (QED) is 0.755. The van der Waals surface area contributed by atoms with Gasteiger partial charge in [0.15, 0.2) is 5.75 Å². The molecule has 0 bridgehead atoms. The molecule has 1 aromatic carbocycles. The second kappa shape index (κ2) is 7.61. The van der Waals surface area contributed by atoms with Crippen molar-refractivity contribution in [3.8, 4) is 5.75 Å². The van der Waals surface area contributed by atoms with Crippen molar-refractivity contribution in [2.45, 2.75) is 30.7 Å². The predicted molar refractivity (Wildman–Crippen MR) is 83.8 cm³/mol. The summed E-state index contributed by atoms with van der Waals surface area (Å²) in [5, 5.41) is 0.304. The summed E-state index contributed by atoms with van der Waals surface area (Å²) in [6.07, 6.45) is 1.50. The van der Waals surface area contributed by atoms with Crippen LogP contribution < -0.4 is 15.2 Å². The molecule has 20 heavy (non-hydrogen) atoms. The highest BCUT2D eigenvalue weighted by molar-refractivity contribution is 9.10. The maximum absolute atomic E-state index is 12.4. The number of sulfonamides is 1. The number of hydrogen-bond donors (Lipinski definition) is 2. The van der Waals surface area contributed by atoms with Crippen molar-refractivity contribution in [1.82, 2.24) is 4.72 Å². The van der Waals surface area contributed by atoms with Gasteiger partial charge in [0.2, 0.25) is 10.0 Å². The lowest BCUT2D eigenvalue weighted by Gasteiger charge is -2.18. The van der Waals surface area contributed by atoms with Gasteiger partial charge in [-0.25, -0.2) is 13.1 Å². The van der Waals surface area contributed by atoms with E-state index in [1.807, 2.05) is 6.92 Å². The smallest absolute Gasteiger partial charge is 0.244 e. The molecule has 1 atom stereocenters. The monoisotopic (exact) mass is 384 g/mol. The van der Waals surface area contributed by atoms with Crippen LogP contribution in [0.5, 0.6) is 5.75 Å². The molecule has 0 aromatic heterocycles. The van der Waals surface area contributed by atoms with Gasteiger partial charge in [-0.3, -0.25) is 0 Å². The first-order valence-corrected chi connectivity index (χ1v) is 8.76. The highest BCUT2D eigenvalue weighted by Gasteiger charge is 2.24. The molecular formula is C12H18BrClN2O3S. The molecule has 0 saturated heterocycles. The van der Waals surface area contributed by atoms with Crippen molar-refractivity contribution in [2.75, 3.05) is 13.7 Å². The SMILES string of the molecule is CCCC(CN)NS(=O)(=O)c1cc(Cl)cc(Br)c1OC. The molecule has 8 heteroatoms. The number of halogens is 2. The summed E-state index contributed by atoms with van der Waals surface area (Å²) < 4.78 is 33.1. The summed E-state index contributed by atoms with van der Waals surface area (Å²) in [5.74, 6) is 0.217. The minimum atomic E-state index is -3.75. The summed E-state index contributed by atoms with van der Waals surface area (Å²) in [6.45, 7) is 2.20. The van der Waals surface area contributed by atoms with E-state index in [1.165, 1.54) is 13.2 Å². The average molecular weight is 386 g/mol. The lowest BCUT2D eigenvalue weighted by Crippen LogP contribution is -2.40. The molecule has 0 aliphatic carbocycles. The van der Waals surface area contributed by atoms with Crippen molar-refractivity contribution in [2.24, 2.45) is 5.73 Å². The number of nitrogens with one attached hydrogen (secondary N) is 1. The first-order chi connectivity index (χ1) is 9.35. The van der Waals surface area contributed by atoms with E-state index in [1.54, 1.807) is 6.07 Å². The van der Waals surface area contributed by atoms with Gasteiger partial charge in [0.25, 0.3) is 0 Å². The Morgan fingerprint density at radius 1 is 1.50 bits per heavy atom. The van der Waals surface area contributed by atoms with Crippen molar-refractivity contribution in [3.63, 3.8) is 0 Å². The van der Waals surface area contributed by atoms with E-state index in [9.17, 15) is 8.42 Å². The zero-order valence-electron chi connectivity index (χ0n) is 11.3. The van der Waals surface area contributed by atoms with Gasteiger partial charge in [-0.1, -0.05) is 24.9 Å². The van der Waals surface area contributed by atoms with Gasteiger partial charge in [-0.05, 0) is 34.5 Å². The molecule has 0 heterocycles. The first-order valence-electron chi connectivity index (χ1n) is 6.11. The topological polar surface area (TPSA) is 81.4 Å². The Morgan fingerprint density at radius 3 is 2.65 bits per heavy atom. The molecule has 0 radical (unpaired) electrons. The molecule has 0 spiro atoms. The molecule has 0 amide bonds. The molecule has 1 aromatic rings. The lowest BCUT2D eigenvalue weighted by atomic mass is 10.2. The Kier molecular flexibility index (Phi) is 6.74. The van der Waals surface area contributed by atoms with Crippen LogP contribution in [0, 0.1) is 0 Å². The number of rotatable bonds is 7. The summed E-state index contributed by atoms with van der Waals surface area (Å²) in [7, 11) is -2.35. The molecule has 114 valence electrons. The van der Waals surface area contributed by atoms with Crippen LogP contribution in [-0.4, -0.2) is 28.1 Å². The minimum absolute atomic E-state index is 0.00562. The van der Waals surface area contributed by atoms with Crippen molar-refractivity contribution < 1.29 is 13.2 Å². The zero-order valence-corrected chi connectivity index (χ0v) is 14.5. The average Bonchev–Trinajstić information content (AvgIpc) is 2.37. The van der Waals surface area contributed by atoms with Gasteiger partial charge in [0, 0.05) is 17.6 Å². The number of hydrogen-bond acceptors (Lipinski definition) is 4. The Bertz CT molecular complexity index is 566. The van der Waals surface area contributed by atoms with Gasteiger partial charge in [-0.15, -0.1) is 0 Å². The van der Waals surface area contributed by atoms with E-state index in [-0.39, 0.29) is 23.2 Å². The van der Waals surface area contributed by atoms with Crippen LogP contribution in [0.15, 0.2) is 21.5 Å². The molecule has 1 rings (SSSR count). The van der Waals surface area contributed by atoms with Crippen LogP contribution in [-0.2, 0) is 10.0 Å². The van der Waals surface area contributed by atoms with Crippen LogP contribution in [0.25, 0.3) is 0 Å². The summed E-state index contributed by atoms with van der Waals surface area (Å²) >= 11 is 9.15. The zero-order chi connectivity index (χ0) is 15.3. The van der Waals surface area contributed by atoms with E-state index >= 15 is 0 Å². The van der Waals surface area contributed by atoms with Crippen molar-refractivity contribution >= 4 is 37.6 Å². The van der Waals surface area contributed by atoms with E-state index in [2.05, 4.69) is 20.7 Å². The van der Waals surface area contributed by atoms with Gasteiger partial charge < -0.3 is 10.5 Å². The summed E-state index contributed by atoms with van der Waals surface area (Å²) in [6, 6.07) is 2.62. The summed E-state index contributed by atoms with van der Waals surface area (Å²) in [5.41, 5.74) is 5.58. The molecule has 0 aliphatic rings. The highest BCUT2D eigenvalue weighted by atomic mass is 79.9. The number of benzene rings is 1. The maximum Gasteiger partial charge on any atom is 0.244 e. The largest absolute Gasteiger partial charge is 0.494 e. The number of ether oxygens (including phenoxy) is 1. The molecule has 5 nitrogen and oxygen atoms in total. The van der Waals surface area contributed by atoms with Gasteiger partial charge in [0.05, 0.1) is 11.6 Å². The van der Waals surface area contributed by atoms with Gasteiger partial charge >= 0.3 is 0 Å². The molecule has 0 fully saturated rings. The fourth-order valence-corrected chi connectivity index (χ4v) is 4.46. The van der Waals surface area contributed by atoms with Crippen molar-refractivity contribution in [3.05, 3.63) is 21.6 Å². The van der Waals surface area contributed by atoms with Crippen LogP contribution in [0.1, 0.15) is 19.8 Å². The van der Waals surface area contributed by atoms with Crippen LogP contribution >= 0.6 is 27.5 Å². The van der Waals surface area contributed by atoms with E-state index in [4.69, 9.17) is 22.1 Å². The Labute approximate surface area is 133 Å². The summed E-state index contributed by atoms with van der Waals surface area (Å²) in [4.78, 5) is -0.00562. The minimum Gasteiger partial charge on any atom is -0.494 e. The van der Waals surface area contributed by atoms with Crippen molar-refractivity contribution in [1.29, 1.82) is 0 Å². The van der Waals surface area contributed by atoms with Crippen LogP contribution in [0.3, 0.4) is 0 Å². The number of nitrogens with two attached hydrogens (primary N) is 1. The Morgan fingerprint density at radius 2 is 2.15 bits per heavy atom. The maximum atomic E-state index is 12.4. The molecular weight excluding hydrogens is 368 g/mol. The fourth-order valence-electron chi connectivity index (χ4n) is 1.79. The first kappa shape index (κ1) is 17.7. The lowest BCUT2D eigenvalue weighted by molar-refractivity contribution is 0.399. The van der Waals surface area contributed by atoms with E-state index in [0.29, 0.717) is 15.9 Å². The van der Waals surface area contributed by atoms with E-state index in [0.717, 1.165) is 6.42 Å².